The first-order valence-electron chi connectivity index (χ1n) is 11.2. The zero-order valence-electron chi connectivity index (χ0n) is 18.8. The zero-order chi connectivity index (χ0) is 24.0. The fourth-order valence-corrected chi connectivity index (χ4v) is 3.91. The fourth-order valence-electron chi connectivity index (χ4n) is 3.91. The molecule has 0 aromatic heterocycles. The zero-order valence-corrected chi connectivity index (χ0v) is 18.8. The summed E-state index contributed by atoms with van der Waals surface area (Å²) in [5.41, 5.74) is 1.23. The molecule has 0 radical (unpaired) electrons. The second-order valence-electron chi connectivity index (χ2n) is 7.91. The lowest BCUT2D eigenvalue weighted by atomic mass is 10.1. The van der Waals surface area contributed by atoms with Crippen LogP contribution in [0, 0.1) is 0 Å². The highest BCUT2D eigenvalue weighted by molar-refractivity contribution is 6.04. The van der Waals surface area contributed by atoms with Gasteiger partial charge in [-0.05, 0) is 75.6 Å². The van der Waals surface area contributed by atoms with Crippen LogP contribution in [0.15, 0.2) is 42.5 Å². The topological polar surface area (TPSA) is 64.7 Å². The number of carbonyl (C=O) groups excluding carboxylic acids is 2. The molecule has 0 bridgehead atoms. The first kappa shape index (κ1) is 24.4. The van der Waals surface area contributed by atoms with Crippen LogP contribution in [0.25, 0.3) is 0 Å². The van der Waals surface area contributed by atoms with E-state index in [-0.39, 0.29) is 11.6 Å². The molecule has 0 atom stereocenters. The molecule has 0 spiro atoms. The number of anilines is 3. The molecule has 1 fully saturated rings. The molecule has 178 valence electrons. The molecule has 33 heavy (non-hydrogen) atoms. The van der Waals surface area contributed by atoms with Crippen LogP contribution in [0.2, 0.25) is 0 Å². The van der Waals surface area contributed by atoms with Gasteiger partial charge in [0.25, 0.3) is 5.91 Å². The van der Waals surface area contributed by atoms with Crippen molar-refractivity contribution in [1.82, 2.24) is 4.90 Å². The smallest absolute Gasteiger partial charge is 0.371 e. The van der Waals surface area contributed by atoms with Crippen LogP contribution in [0.1, 0.15) is 49.0 Å². The Balaban J connectivity index is 1.78. The van der Waals surface area contributed by atoms with Gasteiger partial charge in [0, 0.05) is 43.2 Å². The van der Waals surface area contributed by atoms with E-state index in [1.165, 1.54) is 18.6 Å². The monoisotopic (exact) mass is 462 g/mol. The predicted molar refractivity (Wildman–Crippen MR) is 124 cm³/mol. The van der Waals surface area contributed by atoms with Crippen molar-refractivity contribution < 1.29 is 22.8 Å². The molecule has 6 nitrogen and oxygen atoms in total. The largest absolute Gasteiger partial charge is 0.416 e. The van der Waals surface area contributed by atoms with Crippen molar-refractivity contribution in [1.29, 1.82) is 0 Å². The number of benzene rings is 2. The average Bonchev–Trinajstić information content (AvgIpc) is 2.80. The number of nitrogens with zero attached hydrogens (tertiary/aromatic N) is 2. The fraction of sp³-hybridized carbons (Fsp3) is 0.417. The Kier molecular flexibility index (Phi) is 7.84. The van der Waals surface area contributed by atoms with Crippen molar-refractivity contribution in [3.05, 3.63) is 53.6 Å². The number of rotatable bonds is 6. The van der Waals surface area contributed by atoms with Crippen molar-refractivity contribution >= 4 is 29.0 Å². The molecule has 3 rings (SSSR count). The quantitative estimate of drug-likeness (QED) is 0.568. The molecule has 1 aliphatic heterocycles. The molecule has 2 aromatic carbocycles. The number of halogens is 3. The van der Waals surface area contributed by atoms with Gasteiger partial charge in [0.15, 0.2) is 0 Å². The van der Waals surface area contributed by atoms with Gasteiger partial charge in [0.1, 0.15) is 0 Å². The Hall–Kier alpha value is -3.23. The first-order valence-corrected chi connectivity index (χ1v) is 11.2. The molecule has 0 saturated carbocycles. The van der Waals surface area contributed by atoms with E-state index in [0.717, 1.165) is 43.8 Å². The predicted octanol–water partition coefficient (Wildman–Crippen LogP) is 5.82. The number of piperidine rings is 1. The number of urea groups is 1. The summed E-state index contributed by atoms with van der Waals surface area (Å²) in [5.74, 6) is -0.104. The van der Waals surface area contributed by atoms with Crippen LogP contribution in [0.5, 0.6) is 0 Å². The molecule has 0 unspecified atom stereocenters. The third-order valence-corrected chi connectivity index (χ3v) is 5.70. The van der Waals surface area contributed by atoms with Gasteiger partial charge >= 0.3 is 12.2 Å². The second-order valence-corrected chi connectivity index (χ2v) is 7.91. The van der Waals surface area contributed by atoms with Gasteiger partial charge in [-0.25, -0.2) is 4.79 Å². The van der Waals surface area contributed by atoms with Crippen molar-refractivity contribution in [2.45, 2.75) is 39.3 Å². The standard InChI is InChI=1S/C24H29F3N4O2/c1-3-30(4-2)22(32)20-16-19(12-13-21(20)31-14-6-5-7-15-31)29-23(33)28-18-10-8-17(9-11-18)24(25,26)27/h8-13,16H,3-7,14-15H2,1-2H3,(H2,28,29,33). The van der Waals surface area contributed by atoms with E-state index >= 15 is 0 Å². The molecule has 1 heterocycles. The van der Waals surface area contributed by atoms with Gasteiger partial charge in [-0.3, -0.25) is 4.79 Å². The van der Waals surface area contributed by atoms with Crippen molar-refractivity contribution in [2.24, 2.45) is 0 Å². The average molecular weight is 463 g/mol. The summed E-state index contributed by atoms with van der Waals surface area (Å²) in [5, 5.41) is 5.19. The second kappa shape index (κ2) is 10.6. The van der Waals surface area contributed by atoms with E-state index < -0.39 is 17.8 Å². The lowest BCUT2D eigenvalue weighted by Crippen LogP contribution is -2.35. The summed E-state index contributed by atoms with van der Waals surface area (Å²) in [7, 11) is 0. The van der Waals surface area contributed by atoms with E-state index in [1.807, 2.05) is 19.9 Å². The molecule has 9 heteroatoms. The molecule has 0 aliphatic carbocycles. The maximum atomic E-state index is 13.2. The summed E-state index contributed by atoms with van der Waals surface area (Å²) < 4.78 is 38.1. The SMILES string of the molecule is CCN(CC)C(=O)c1cc(NC(=O)Nc2ccc(C(F)(F)F)cc2)ccc1N1CCCCC1. The van der Waals surface area contributed by atoms with E-state index in [2.05, 4.69) is 15.5 Å². The summed E-state index contributed by atoms with van der Waals surface area (Å²) in [6, 6.07) is 8.83. The van der Waals surface area contributed by atoms with Crippen molar-refractivity contribution in [2.75, 3.05) is 41.7 Å². The highest BCUT2D eigenvalue weighted by atomic mass is 19.4. The summed E-state index contributed by atoms with van der Waals surface area (Å²) in [6.07, 6.45) is -1.15. The maximum absolute atomic E-state index is 13.2. The van der Waals surface area contributed by atoms with Crippen molar-refractivity contribution in [3.63, 3.8) is 0 Å². The van der Waals surface area contributed by atoms with Gasteiger partial charge < -0.3 is 20.4 Å². The molecular formula is C24H29F3N4O2. The minimum atomic E-state index is -4.44. The Labute approximate surface area is 191 Å². The van der Waals surface area contributed by atoms with Gasteiger partial charge in [0.05, 0.1) is 11.1 Å². The van der Waals surface area contributed by atoms with Crippen LogP contribution in [0.3, 0.4) is 0 Å². The van der Waals surface area contributed by atoms with E-state index in [4.69, 9.17) is 0 Å². The third-order valence-electron chi connectivity index (χ3n) is 5.70. The Morgan fingerprint density at radius 1 is 0.909 bits per heavy atom. The van der Waals surface area contributed by atoms with Gasteiger partial charge in [-0.15, -0.1) is 0 Å². The highest BCUT2D eigenvalue weighted by Crippen LogP contribution is 2.30. The van der Waals surface area contributed by atoms with Gasteiger partial charge in [-0.1, -0.05) is 0 Å². The summed E-state index contributed by atoms with van der Waals surface area (Å²) in [4.78, 5) is 29.6. The molecular weight excluding hydrogens is 433 g/mol. The first-order chi connectivity index (χ1) is 15.7. The Bertz CT molecular complexity index is 967. The van der Waals surface area contributed by atoms with E-state index in [0.29, 0.717) is 24.3 Å². The minimum Gasteiger partial charge on any atom is -0.371 e. The summed E-state index contributed by atoms with van der Waals surface area (Å²) >= 11 is 0. The molecule has 1 saturated heterocycles. The van der Waals surface area contributed by atoms with Crippen LogP contribution < -0.4 is 15.5 Å². The Morgan fingerprint density at radius 2 is 1.48 bits per heavy atom. The highest BCUT2D eigenvalue weighted by Gasteiger charge is 2.30. The lowest BCUT2D eigenvalue weighted by molar-refractivity contribution is -0.137. The number of nitrogens with one attached hydrogen (secondary N) is 2. The number of alkyl halides is 3. The molecule has 3 amide bonds. The number of hydrogen-bond donors (Lipinski definition) is 2. The van der Waals surface area contributed by atoms with Crippen LogP contribution >= 0.6 is 0 Å². The van der Waals surface area contributed by atoms with E-state index in [9.17, 15) is 22.8 Å². The third kappa shape index (κ3) is 6.18. The summed E-state index contributed by atoms with van der Waals surface area (Å²) in [6.45, 7) is 6.73. The maximum Gasteiger partial charge on any atom is 0.416 e. The van der Waals surface area contributed by atoms with Crippen LogP contribution in [0.4, 0.5) is 35.0 Å². The minimum absolute atomic E-state index is 0.104. The normalized spacial score (nSPS) is 14.0. The van der Waals surface area contributed by atoms with Crippen LogP contribution in [-0.2, 0) is 6.18 Å². The van der Waals surface area contributed by atoms with E-state index in [1.54, 1.807) is 17.0 Å². The molecule has 1 aliphatic rings. The molecule has 2 N–H and O–H groups in total. The lowest BCUT2D eigenvalue weighted by Gasteiger charge is -2.31. The van der Waals surface area contributed by atoms with Gasteiger partial charge in [0.2, 0.25) is 0 Å². The number of carbonyl (C=O) groups is 2. The number of amides is 3. The van der Waals surface area contributed by atoms with Crippen molar-refractivity contribution in [3.8, 4) is 0 Å². The van der Waals surface area contributed by atoms with Gasteiger partial charge in [-0.2, -0.15) is 13.2 Å². The number of hydrogen-bond acceptors (Lipinski definition) is 3. The molecule has 2 aromatic rings. The van der Waals surface area contributed by atoms with Crippen LogP contribution in [-0.4, -0.2) is 43.0 Å². The Morgan fingerprint density at radius 3 is 2.06 bits per heavy atom.